The van der Waals surface area contributed by atoms with Gasteiger partial charge in [-0.05, 0) is 6.07 Å². The van der Waals surface area contributed by atoms with Crippen LogP contribution in [0.15, 0.2) is 38.6 Å². The van der Waals surface area contributed by atoms with Crippen LogP contribution in [-0.2, 0) is 6.42 Å². The minimum absolute atomic E-state index is 0.0807. The summed E-state index contributed by atoms with van der Waals surface area (Å²) in [4.78, 5) is 12.1. The van der Waals surface area contributed by atoms with Crippen LogP contribution in [-0.4, -0.2) is 19.3 Å². The van der Waals surface area contributed by atoms with Crippen molar-refractivity contribution in [1.82, 2.24) is 0 Å². The van der Waals surface area contributed by atoms with E-state index >= 15 is 0 Å². The van der Waals surface area contributed by atoms with Gasteiger partial charge >= 0.3 is 5.63 Å². The summed E-state index contributed by atoms with van der Waals surface area (Å²) in [5.74, 6) is 0.379. The Labute approximate surface area is 125 Å². The molecule has 0 spiro atoms. The topological polar surface area (TPSA) is 82.0 Å². The fraction of sp³-hybridized carbons (Fsp3) is 0.188. The molecule has 0 unspecified atom stereocenters. The number of allylic oxidation sites excluding steroid dienone is 1. The molecule has 0 atom stereocenters. The first kappa shape index (κ1) is 14.1. The predicted molar refractivity (Wildman–Crippen MR) is 80.9 cm³/mol. The van der Waals surface area contributed by atoms with Gasteiger partial charge in [0.15, 0.2) is 11.2 Å². The molecule has 0 saturated carbocycles. The van der Waals surface area contributed by atoms with Crippen molar-refractivity contribution in [3.05, 3.63) is 41.0 Å². The molecular formula is C16H14O6. The van der Waals surface area contributed by atoms with Gasteiger partial charge in [-0.25, -0.2) is 4.79 Å². The number of hydrogen-bond donors (Lipinski definition) is 1. The van der Waals surface area contributed by atoms with E-state index in [2.05, 4.69) is 6.58 Å². The first-order valence-electron chi connectivity index (χ1n) is 6.54. The number of fused-ring (bicyclic) bond motifs is 2. The van der Waals surface area contributed by atoms with Crippen molar-refractivity contribution < 1.29 is 23.4 Å². The van der Waals surface area contributed by atoms with Gasteiger partial charge in [0.05, 0.1) is 31.4 Å². The second-order valence-corrected chi connectivity index (χ2v) is 4.64. The summed E-state index contributed by atoms with van der Waals surface area (Å²) in [5.41, 5.74) is -0.0789. The zero-order chi connectivity index (χ0) is 15.9. The van der Waals surface area contributed by atoms with Crippen LogP contribution >= 0.6 is 0 Å². The number of furan rings is 1. The number of hydrogen-bond acceptors (Lipinski definition) is 6. The van der Waals surface area contributed by atoms with Crippen LogP contribution in [0.3, 0.4) is 0 Å². The first-order chi connectivity index (χ1) is 10.6. The Morgan fingerprint density at radius 3 is 2.64 bits per heavy atom. The lowest BCUT2D eigenvalue weighted by molar-refractivity contribution is 0.393. The van der Waals surface area contributed by atoms with E-state index in [-0.39, 0.29) is 34.5 Å². The van der Waals surface area contributed by atoms with E-state index < -0.39 is 5.63 Å². The van der Waals surface area contributed by atoms with Crippen LogP contribution in [0.4, 0.5) is 0 Å². The van der Waals surface area contributed by atoms with Gasteiger partial charge in [0.25, 0.3) is 0 Å². The van der Waals surface area contributed by atoms with Gasteiger partial charge in [0, 0.05) is 6.42 Å². The Kier molecular flexibility index (Phi) is 3.29. The fourth-order valence-corrected chi connectivity index (χ4v) is 2.55. The molecule has 3 rings (SSSR count). The molecule has 22 heavy (non-hydrogen) atoms. The highest BCUT2D eigenvalue weighted by atomic mass is 16.5. The quantitative estimate of drug-likeness (QED) is 0.589. The number of aromatic hydroxyl groups is 1. The second-order valence-electron chi connectivity index (χ2n) is 4.64. The Hall–Kier alpha value is -2.89. The average molecular weight is 302 g/mol. The van der Waals surface area contributed by atoms with Gasteiger partial charge in [0.1, 0.15) is 16.9 Å². The molecule has 3 aromatic rings. The van der Waals surface area contributed by atoms with Crippen molar-refractivity contribution in [3.63, 3.8) is 0 Å². The SMILES string of the molecule is C=CCc1c(O)c2c(OC)c3ccoc3c(OC)c2oc1=O. The molecule has 2 heterocycles. The van der Waals surface area contributed by atoms with E-state index in [0.29, 0.717) is 16.7 Å². The molecule has 6 heteroatoms. The number of methoxy groups -OCH3 is 2. The Morgan fingerprint density at radius 1 is 1.27 bits per heavy atom. The van der Waals surface area contributed by atoms with Gasteiger partial charge in [-0.3, -0.25) is 0 Å². The van der Waals surface area contributed by atoms with Crippen LogP contribution < -0.4 is 15.1 Å². The maximum Gasteiger partial charge on any atom is 0.343 e. The Morgan fingerprint density at radius 2 is 2.00 bits per heavy atom. The van der Waals surface area contributed by atoms with E-state index in [9.17, 15) is 9.90 Å². The summed E-state index contributed by atoms with van der Waals surface area (Å²) in [5, 5.41) is 11.4. The van der Waals surface area contributed by atoms with Gasteiger partial charge in [-0.1, -0.05) is 6.08 Å². The van der Waals surface area contributed by atoms with E-state index in [0.717, 1.165) is 0 Å². The van der Waals surface area contributed by atoms with Gasteiger partial charge in [0.2, 0.25) is 5.75 Å². The Balaban J connectivity index is 2.61. The first-order valence-corrected chi connectivity index (χ1v) is 6.54. The van der Waals surface area contributed by atoms with Crippen LogP contribution in [0.2, 0.25) is 0 Å². The maximum atomic E-state index is 12.1. The minimum Gasteiger partial charge on any atom is -0.506 e. The highest BCUT2D eigenvalue weighted by Gasteiger charge is 2.25. The molecule has 6 nitrogen and oxygen atoms in total. The zero-order valence-corrected chi connectivity index (χ0v) is 12.1. The number of rotatable bonds is 4. The normalized spacial score (nSPS) is 11.0. The van der Waals surface area contributed by atoms with E-state index in [4.69, 9.17) is 18.3 Å². The molecule has 0 saturated heterocycles. The van der Waals surface area contributed by atoms with Gasteiger partial charge in [-0.2, -0.15) is 0 Å². The number of ether oxygens (including phenoxy) is 2. The van der Waals surface area contributed by atoms with Crippen LogP contribution in [0, 0.1) is 0 Å². The highest BCUT2D eigenvalue weighted by Crippen LogP contribution is 2.46. The molecule has 0 fully saturated rings. The molecule has 2 aromatic heterocycles. The highest BCUT2D eigenvalue weighted by molar-refractivity contribution is 6.09. The van der Waals surface area contributed by atoms with E-state index in [1.54, 1.807) is 6.07 Å². The maximum absolute atomic E-state index is 12.1. The van der Waals surface area contributed by atoms with Crippen molar-refractivity contribution in [2.45, 2.75) is 6.42 Å². The molecule has 0 bridgehead atoms. The summed E-state index contributed by atoms with van der Waals surface area (Å²) in [7, 11) is 2.89. The largest absolute Gasteiger partial charge is 0.506 e. The zero-order valence-electron chi connectivity index (χ0n) is 12.1. The minimum atomic E-state index is -0.656. The summed E-state index contributed by atoms with van der Waals surface area (Å²) < 4.78 is 21.4. The van der Waals surface area contributed by atoms with Crippen molar-refractivity contribution in [2.24, 2.45) is 0 Å². The summed E-state index contributed by atoms with van der Waals surface area (Å²) in [6.45, 7) is 3.57. The monoisotopic (exact) mass is 302 g/mol. The third-order valence-electron chi connectivity index (χ3n) is 3.50. The third kappa shape index (κ3) is 1.77. The lowest BCUT2D eigenvalue weighted by Crippen LogP contribution is -2.08. The predicted octanol–water partition coefficient (Wildman–Crippen LogP) is 2.99. The van der Waals surface area contributed by atoms with Crippen molar-refractivity contribution >= 4 is 21.9 Å². The third-order valence-corrected chi connectivity index (χ3v) is 3.50. The summed E-state index contributed by atoms with van der Waals surface area (Å²) in [6.07, 6.45) is 3.16. The molecule has 1 aromatic carbocycles. The van der Waals surface area contributed by atoms with E-state index in [1.165, 1.54) is 26.6 Å². The van der Waals surface area contributed by atoms with Gasteiger partial charge < -0.3 is 23.4 Å². The van der Waals surface area contributed by atoms with Crippen LogP contribution in [0.5, 0.6) is 17.2 Å². The van der Waals surface area contributed by atoms with Crippen LogP contribution in [0.1, 0.15) is 5.56 Å². The van der Waals surface area contributed by atoms with Crippen molar-refractivity contribution in [1.29, 1.82) is 0 Å². The summed E-state index contributed by atoms with van der Waals surface area (Å²) in [6, 6.07) is 1.69. The molecule has 0 radical (unpaired) electrons. The number of benzene rings is 1. The lowest BCUT2D eigenvalue weighted by Gasteiger charge is -2.12. The van der Waals surface area contributed by atoms with E-state index in [1.807, 2.05) is 0 Å². The molecule has 114 valence electrons. The fourth-order valence-electron chi connectivity index (χ4n) is 2.55. The van der Waals surface area contributed by atoms with Crippen LogP contribution in [0.25, 0.3) is 21.9 Å². The standard InChI is InChI=1S/C16H14O6/c1-4-5-8-11(17)10-12(19-2)9-6-7-21-13(9)15(20-3)14(10)22-16(8)18/h4,6-7,17H,1,5H2,2-3H3. The smallest absolute Gasteiger partial charge is 0.343 e. The second kappa shape index (κ2) is 5.14. The molecule has 0 aliphatic heterocycles. The molecular weight excluding hydrogens is 288 g/mol. The Bertz CT molecular complexity index is 931. The average Bonchev–Trinajstić information content (AvgIpc) is 2.98. The van der Waals surface area contributed by atoms with Crippen molar-refractivity contribution in [3.8, 4) is 17.2 Å². The van der Waals surface area contributed by atoms with Crippen molar-refractivity contribution in [2.75, 3.05) is 14.2 Å². The molecule has 0 aliphatic rings. The lowest BCUT2D eigenvalue weighted by atomic mass is 10.1. The molecule has 0 aliphatic carbocycles. The van der Waals surface area contributed by atoms with Gasteiger partial charge in [-0.15, -0.1) is 6.58 Å². The molecule has 0 amide bonds. The molecule has 1 N–H and O–H groups in total. The summed E-state index contributed by atoms with van der Waals surface area (Å²) >= 11 is 0.